The molecule has 3 atom stereocenters. The Labute approximate surface area is 161 Å². The zero-order chi connectivity index (χ0) is 20.1. The van der Waals surface area contributed by atoms with Gasteiger partial charge in [0.15, 0.2) is 12.4 Å². The van der Waals surface area contributed by atoms with E-state index in [0.717, 1.165) is 18.4 Å². The molecular formula is C21H32O6. The number of aliphatic carboxylic acids is 1. The van der Waals surface area contributed by atoms with Crippen molar-refractivity contribution in [3.05, 3.63) is 35.9 Å². The molecule has 3 unspecified atom stereocenters. The predicted octanol–water partition coefficient (Wildman–Crippen LogP) is 4.48. The van der Waals surface area contributed by atoms with Crippen LogP contribution in [0.3, 0.4) is 0 Å². The minimum atomic E-state index is -0.857. The average molecular weight is 380 g/mol. The van der Waals surface area contributed by atoms with Crippen molar-refractivity contribution in [1.82, 2.24) is 0 Å². The Bertz CT molecular complexity index is 545. The van der Waals surface area contributed by atoms with Gasteiger partial charge < -0.3 is 19.3 Å². The van der Waals surface area contributed by atoms with E-state index >= 15 is 0 Å². The minimum absolute atomic E-state index is 0.0571. The number of carbonyl (C=O) groups is 2. The largest absolute Gasteiger partial charge is 0.481 e. The van der Waals surface area contributed by atoms with Gasteiger partial charge in [-0.05, 0) is 38.7 Å². The normalized spacial score (nSPS) is 14.3. The lowest BCUT2D eigenvalue weighted by molar-refractivity contribution is -0.192. The molecule has 1 rings (SSSR count). The summed E-state index contributed by atoms with van der Waals surface area (Å²) in [6.07, 6.45) is 1.87. The van der Waals surface area contributed by atoms with E-state index in [0.29, 0.717) is 19.4 Å². The first kappa shape index (κ1) is 23.1. The standard InChI is InChI=1S/C21H32O6/c1-4-5-15-25-17(3)26-16(2)21(18-11-7-6-8-12-18)27-20(24)14-10-9-13-19(22)23/h6-8,11-12,16-17,21H,4-5,9-10,13-15H2,1-3H3,(H,22,23). The van der Waals surface area contributed by atoms with Crippen LogP contribution in [0.1, 0.15) is 71.0 Å². The number of hydrogen-bond acceptors (Lipinski definition) is 5. The molecule has 0 saturated carbocycles. The first-order valence-corrected chi connectivity index (χ1v) is 9.67. The van der Waals surface area contributed by atoms with Crippen LogP contribution in [0, 0.1) is 0 Å². The Morgan fingerprint density at radius 3 is 2.33 bits per heavy atom. The molecule has 0 bridgehead atoms. The predicted molar refractivity (Wildman–Crippen MR) is 102 cm³/mol. The van der Waals surface area contributed by atoms with Gasteiger partial charge in [-0.3, -0.25) is 9.59 Å². The summed E-state index contributed by atoms with van der Waals surface area (Å²) in [4.78, 5) is 22.8. The van der Waals surface area contributed by atoms with Gasteiger partial charge in [0, 0.05) is 19.4 Å². The molecule has 0 amide bonds. The molecule has 0 saturated heterocycles. The van der Waals surface area contributed by atoms with Gasteiger partial charge in [0.1, 0.15) is 0 Å². The maximum atomic E-state index is 12.2. The quantitative estimate of drug-likeness (QED) is 0.291. The molecule has 0 fully saturated rings. The summed E-state index contributed by atoms with van der Waals surface area (Å²) >= 11 is 0. The fraction of sp³-hybridized carbons (Fsp3) is 0.619. The van der Waals surface area contributed by atoms with Gasteiger partial charge in [-0.15, -0.1) is 0 Å². The molecule has 152 valence electrons. The number of esters is 1. The summed E-state index contributed by atoms with van der Waals surface area (Å²) < 4.78 is 17.2. The Balaban J connectivity index is 2.62. The maximum Gasteiger partial charge on any atom is 0.306 e. The molecule has 0 heterocycles. The van der Waals surface area contributed by atoms with E-state index in [1.54, 1.807) is 0 Å². The van der Waals surface area contributed by atoms with Gasteiger partial charge in [-0.2, -0.15) is 0 Å². The molecule has 6 nitrogen and oxygen atoms in total. The van der Waals surface area contributed by atoms with Crippen LogP contribution in [0.2, 0.25) is 0 Å². The Morgan fingerprint density at radius 1 is 1.04 bits per heavy atom. The summed E-state index contributed by atoms with van der Waals surface area (Å²) in [5.41, 5.74) is 0.852. The molecule has 1 aromatic rings. The number of carboxylic acid groups (broad SMARTS) is 1. The highest BCUT2D eigenvalue weighted by molar-refractivity contribution is 5.70. The summed E-state index contributed by atoms with van der Waals surface area (Å²) in [6, 6.07) is 9.46. The van der Waals surface area contributed by atoms with Crippen LogP contribution in [-0.4, -0.2) is 36.0 Å². The maximum absolute atomic E-state index is 12.2. The summed E-state index contributed by atoms with van der Waals surface area (Å²) in [5.74, 6) is -1.21. The number of hydrogen-bond donors (Lipinski definition) is 1. The lowest BCUT2D eigenvalue weighted by Gasteiger charge is -2.27. The lowest BCUT2D eigenvalue weighted by atomic mass is 10.1. The fourth-order valence-corrected chi connectivity index (χ4v) is 2.63. The summed E-state index contributed by atoms with van der Waals surface area (Å²) in [5, 5.41) is 8.66. The van der Waals surface area contributed by atoms with Gasteiger partial charge in [0.25, 0.3) is 0 Å². The van der Waals surface area contributed by atoms with Gasteiger partial charge in [-0.1, -0.05) is 43.7 Å². The molecule has 0 aliphatic heterocycles. The van der Waals surface area contributed by atoms with Crippen molar-refractivity contribution >= 4 is 11.9 Å². The van der Waals surface area contributed by atoms with Crippen LogP contribution in [0.4, 0.5) is 0 Å². The average Bonchev–Trinajstić information content (AvgIpc) is 2.64. The highest BCUT2D eigenvalue weighted by atomic mass is 16.7. The topological polar surface area (TPSA) is 82.1 Å². The van der Waals surface area contributed by atoms with E-state index in [1.807, 2.05) is 44.2 Å². The second-order valence-electron chi connectivity index (χ2n) is 6.56. The van der Waals surface area contributed by atoms with Crippen molar-refractivity contribution < 1.29 is 28.9 Å². The molecule has 1 aromatic carbocycles. The lowest BCUT2D eigenvalue weighted by Crippen LogP contribution is -2.29. The third-order valence-corrected chi connectivity index (χ3v) is 4.09. The van der Waals surface area contributed by atoms with E-state index in [9.17, 15) is 9.59 Å². The number of rotatable bonds is 14. The number of unbranched alkanes of at least 4 members (excludes halogenated alkanes) is 2. The summed E-state index contributed by atoms with van der Waals surface area (Å²) in [6.45, 7) is 6.42. The highest BCUT2D eigenvalue weighted by Crippen LogP contribution is 2.25. The molecule has 27 heavy (non-hydrogen) atoms. The minimum Gasteiger partial charge on any atom is -0.481 e. The molecule has 0 aromatic heterocycles. The Hall–Kier alpha value is -1.92. The van der Waals surface area contributed by atoms with E-state index in [1.165, 1.54) is 0 Å². The van der Waals surface area contributed by atoms with Gasteiger partial charge >= 0.3 is 11.9 Å². The van der Waals surface area contributed by atoms with Gasteiger partial charge in [0.2, 0.25) is 0 Å². The van der Waals surface area contributed by atoms with Crippen molar-refractivity contribution in [3.8, 4) is 0 Å². The van der Waals surface area contributed by atoms with Crippen LogP contribution in [0.15, 0.2) is 30.3 Å². The SMILES string of the molecule is CCCCOC(C)OC(C)C(OC(=O)CCCCC(=O)O)c1ccccc1. The zero-order valence-corrected chi connectivity index (χ0v) is 16.6. The number of ether oxygens (including phenoxy) is 3. The second-order valence-corrected chi connectivity index (χ2v) is 6.56. The Morgan fingerprint density at radius 2 is 1.70 bits per heavy atom. The van der Waals surface area contributed by atoms with Crippen LogP contribution in [-0.2, 0) is 23.8 Å². The number of benzene rings is 1. The summed E-state index contributed by atoms with van der Waals surface area (Å²) in [7, 11) is 0. The van der Waals surface area contributed by atoms with E-state index in [-0.39, 0.29) is 24.9 Å². The van der Waals surface area contributed by atoms with E-state index in [4.69, 9.17) is 19.3 Å². The van der Waals surface area contributed by atoms with Gasteiger partial charge in [-0.25, -0.2) is 0 Å². The second kappa shape index (κ2) is 13.3. The first-order chi connectivity index (χ1) is 12.9. The smallest absolute Gasteiger partial charge is 0.306 e. The number of carboxylic acids is 1. The fourth-order valence-electron chi connectivity index (χ4n) is 2.63. The van der Waals surface area contributed by atoms with E-state index in [2.05, 4.69) is 6.92 Å². The first-order valence-electron chi connectivity index (χ1n) is 9.67. The van der Waals surface area contributed by atoms with Crippen LogP contribution >= 0.6 is 0 Å². The molecule has 0 spiro atoms. The van der Waals surface area contributed by atoms with Crippen molar-refractivity contribution in [3.63, 3.8) is 0 Å². The Kier molecular flexibility index (Phi) is 11.4. The zero-order valence-electron chi connectivity index (χ0n) is 16.6. The molecule has 0 radical (unpaired) electrons. The third kappa shape index (κ3) is 10.1. The van der Waals surface area contributed by atoms with Crippen molar-refractivity contribution in [1.29, 1.82) is 0 Å². The molecular weight excluding hydrogens is 348 g/mol. The molecule has 0 aliphatic rings. The van der Waals surface area contributed by atoms with Crippen LogP contribution < -0.4 is 0 Å². The van der Waals surface area contributed by atoms with Crippen molar-refractivity contribution in [2.45, 2.75) is 77.8 Å². The van der Waals surface area contributed by atoms with Crippen molar-refractivity contribution in [2.24, 2.45) is 0 Å². The molecule has 6 heteroatoms. The van der Waals surface area contributed by atoms with Gasteiger partial charge in [0.05, 0.1) is 6.10 Å². The highest BCUT2D eigenvalue weighted by Gasteiger charge is 2.26. The van der Waals surface area contributed by atoms with Crippen LogP contribution in [0.25, 0.3) is 0 Å². The third-order valence-electron chi connectivity index (χ3n) is 4.09. The molecule has 1 N–H and O–H groups in total. The van der Waals surface area contributed by atoms with Crippen molar-refractivity contribution in [2.75, 3.05) is 6.61 Å². The molecule has 0 aliphatic carbocycles. The van der Waals surface area contributed by atoms with Crippen LogP contribution in [0.5, 0.6) is 0 Å². The number of carbonyl (C=O) groups excluding carboxylic acids is 1. The van der Waals surface area contributed by atoms with E-state index < -0.39 is 18.4 Å². The monoisotopic (exact) mass is 380 g/mol.